The van der Waals surface area contributed by atoms with Crippen LogP contribution in [0.1, 0.15) is 44.4 Å². The molecule has 0 amide bonds. The Balaban J connectivity index is 2.18. The average molecular weight is 367 g/mol. The molecule has 8 heteroatoms. The Morgan fingerprint density at radius 3 is 2.89 bits per heavy atom. The van der Waals surface area contributed by atoms with Crippen LogP contribution in [-0.4, -0.2) is 41.6 Å². The van der Waals surface area contributed by atoms with Gasteiger partial charge in [-0.2, -0.15) is 10.5 Å². The second-order valence-corrected chi connectivity index (χ2v) is 7.05. The zero-order chi connectivity index (χ0) is 19.6. The minimum atomic E-state index is -0.813. The van der Waals surface area contributed by atoms with Crippen LogP contribution < -0.4 is 10.1 Å². The minimum Gasteiger partial charge on any atom is -0.484 e. The number of nitriles is 2. The molecule has 0 bridgehead atoms. The third kappa shape index (κ3) is 3.52. The van der Waals surface area contributed by atoms with Crippen molar-refractivity contribution in [2.24, 2.45) is 4.99 Å². The van der Waals surface area contributed by atoms with Gasteiger partial charge < -0.3 is 19.7 Å². The van der Waals surface area contributed by atoms with Crippen LogP contribution in [0.2, 0.25) is 0 Å². The lowest BCUT2D eigenvalue weighted by Gasteiger charge is -2.49. The van der Waals surface area contributed by atoms with E-state index in [0.29, 0.717) is 30.4 Å². The number of hydrogen-bond acceptors (Lipinski definition) is 6. The van der Waals surface area contributed by atoms with Gasteiger partial charge in [0.2, 0.25) is 12.2 Å². The van der Waals surface area contributed by atoms with Gasteiger partial charge in [0.1, 0.15) is 17.4 Å². The van der Waals surface area contributed by atoms with Crippen LogP contribution >= 0.6 is 0 Å². The second-order valence-electron chi connectivity index (χ2n) is 7.05. The summed E-state index contributed by atoms with van der Waals surface area (Å²) < 4.78 is 11.8. The fourth-order valence-corrected chi connectivity index (χ4v) is 3.62. The van der Waals surface area contributed by atoms with E-state index in [-0.39, 0.29) is 0 Å². The smallest absolute Gasteiger partial charge is 0.303 e. The molecule has 1 N–H and O–H groups in total. The molecule has 8 nitrogen and oxygen atoms in total. The van der Waals surface area contributed by atoms with Gasteiger partial charge in [0, 0.05) is 25.6 Å². The third-order valence-electron chi connectivity index (χ3n) is 4.72. The highest BCUT2D eigenvalue weighted by atomic mass is 16.6. The Morgan fingerprint density at radius 2 is 2.22 bits per heavy atom. The summed E-state index contributed by atoms with van der Waals surface area (Å²) >= 11 is 0. The molecular weight excluding hydrogens is 346 g/mol. The molecule has 0 aliphatic carbocycles. The molecule has 1 aromatic rings. The maximum atomic E-state index is 11.8. The van der Waals surface area contributed by atoms with Gasteiger partial charge >= 0.3 is 5.97 Å². The van der Waals surface area contributed by atoms with Crippen LogP contribution in [0.4, 0.5) is 0 Å². The van der Waals surface area contributed by atoms with Gasteiger partial charge in [-0.1, -0.05) is 0 Å². The van der Waals surface area contributed by atoms with Crippen molar-refractivity contribution in [3.05, 3.63) is 29.3 Å². The number of benzene rings is 1. The van der Waals surface area contributed by atoms with Crippen molar-refractivity contribution in [3.63, 3.8) is 0 Å². The topological polar surface area (TPSA) is 111 Å². The molecule has 1 fully saturated rings. The van der Waals surface area contributed by atoms with E-state index in [4.69, 9.17) is 14.7 Å². The molecule has 2 aliphatic heterocycles. The van der Waals surface area contributed by atoms with Gasteiger partial charge in [-0.3, -0.25) is 4.79 Å². The molecule has 0 aromatic heterocycles. The molecule has 0 saturated carbocycles. The molecule has 0 spiro atoms. The molecule has 3 rings (SSSR count). The fraction of sp³-hybridized carbons (Fsp3) is 0.474. The number of fused-ring (bicyclic) bond motifs is 1. The molecular formula is C19H21N5O3. The standard InChI is InChI=1S/C19H21N5O3/c1-12(25)26-17-16(24-8-4-7-22-18(24)23-11-21)14-9-13(10-20)5-6-15(14)27-19(17,2)3/h5-6,9,16-17H,4,7-8H2,1-3H3,(H,22,23)/t16-,17+/m0/s1. The first-order chi connectivity index (χ1) is 12.9. The molecule has 1 aromatic carbocycles. The maximum absolute atomic E-state index is 11.8. The van der Waals surface area contributed by atoms with E-state index in [0.717, 1.165) is 12.0 Å². The number of nitrogens with zero attached hydrogens (tertiary/aromatic N) is 4. The Hall–Kier alpha value is -3.26. The average Bonchev–Trinajstić information content (AvgIpc) is 2.62. The number of carbonyl (C=O) groups excluding carboxylic acids is 1. The molecule has 0 unspecified atom stereocenters. The molecule has 2 heterocycles. The second kappa shape index (κ2) is 7.16. The first-order valence-corrected chi connectivity index (χ1v) is 8.75. The highest BCUT2D eigenvalue weighted by Crippen LogP contribution is 2.45. The van der Waals surface area contributed by atoms with E-state index in [1.807, 2.05) is 24.9 Å². The lowest BCUT2D eigenvalue weighted by Crippen LogP contribution is -2.59. The Kier molecular flexibility index (Phi) is 4.91. The summed E-state index contributed by atoms with van der Waals surface area (Å²) in [6.45, 7) is 6.39. The Morgan fingerprint density at radius 1 is 1.44 bits per heavy atom. The van der Waals surface area contributed by atoms with Gasteiger partial charge in [0.15, 0.2) is 6.10 Å². The van der Waals surface area contributed by atoms with Crippen molar-refractivity contribution >= 4 is 11.9 Å². The summed E-state index contributed by atoms with van der Waals surface area (Å²) in [4.78, 5) is 17.7. The number of nitrogens with one attached hydrogen (secondary N) is 1. The number of esters is 1. The van der Waals surface area contributed by atoms with Crippen molar-refractivity contribution in [1.29, 1.82) is 10.5 Å². The van der Waals surface area contributed by atoms with E-state index in [1.165, 1.54) is 6.92 Å². The predicted molar refractivity (Wildman–Crippen MR) is 96.5 cm³/mol. The summed E-state index contributed by atoms with van der Waals surface area (Å²) in [5.41, 5.74) is 0.397. The normalized spacial score (nSPS) is 24.6. The van der Waals surface area contributed by atoms with Crippen molar-refractivity contribution in [3.8, 4) is 18.0 Å². The molecule has 0 radical (unpaired) electrons. The van der Waals surface area contributed by atoms with E-state index in [9.17, 15) is 10.1 Å². The van der Waals surface area contributed by atoms with E-state index in [1.54, 1.807) is 18.2 Å². The molecule has 2 aliphatic rings. The zero-order valence-corrected chi connectivity index (χ0v) is 15.5. The van der Waals surface area contributed by atoms with Crippen molar-refractivity contribution in [1.82, 2.24) is 10.2 Å². The van der Waals surface area contributed by atoms with Crippen LogP contribution in [0.3, 0.4) is 0 Å². The minimum absolute atomic E-state index is 0.426. The number of ether oxygens (including phenoxy) is 2. The number of rotatable bonds is 2. The number of hydrogen-bond donors (Lipinski definition) is 1. The van der Waals surface area contributed by atoms with Gasteiger partial charge in [-0.25, -0.2) is 0 Å². The van der Waals surface area contributed by atoms with Gasteiger partial charge in [0.05, 0.1) is 11.6 Å². The number of aliphatic imine (C=N–C) groups is 1. The monoisotopic (exact) mass is 367 g/mol. The summed E-state index contributed by atoms with van der Waals surface area (Å²) in [6.07, 6.45) is 2.00. The molecule has 1 saturated heterocycles. The van der Waals surface area contributed by atoms with Gasteiger partial charge in [-0.05, 0) is 38.5 Å². The van der Waals surface area contributed by atoms with Crippen LogP contribution in [0.25, 0.3) is 0 Å². The first-order valence-electron chi connectivity index (χ1n) is 8.75. The van der Waals surface area contributed by atoms with Gasteiger partial charge in [-0.15, -0.1) is 4.99 Å². The summed E-state index contributed by atoms with van der Waals surface area (Å²) in [7, 11) is 0. The van der Waals surface area contributed by atoms with Gasteiger partial charge in [0.25, 0.3) is 0 Å². The van der Waals surface area contributed by atoms with Crippen LogP contribution in [-0.2, 0) is 9.53 Å². The highest BCUT2D eigenvalue weighted by molar-refractivity contribution is 5.82. The summed E-state index contributed by atoms with van der Waals surface area (Å²) in [6, 6.07) is 6.88. The molecule has 2 atom stereocenters. The lowest BCUT2D eigenvalue weighted by molar-refractivity contribution is -0.167. The van der Waals surface area contributed by atoms with Crippen molar-refractivity contribution < 1.29 is 14.3 Å². The summed E-state index contributed by atoms with van der Waals surface area (Å²) in [5, 5.41) is 21.5. The van der Waals surface area contributed by atoms with E-state index >= 15 is 0 Å². The molecule has 140 valence electrons. The Labute approximate surface area is 158 Å². The first kappa shape index (κ1) is 18.5. The number of carbonyl (C=O) groups is 1. The van der Waals surface area contributed by atoms with Crippen molar-refractivity contribution in [2.45, 2.75) is 44.9 Å². The van der Waals surface area contributed by atoms with Crippen LogP contribution in [0.15, 0.2) is 23.2 Å². The van der Waals surface area contributed by atoms with E-state index in [2.05, 4.69) is 16.4 Å². The predicted octanol–water partition coefficient (Wildman–Crippen LogP) is 1.83. The largest absolute Gasteiger partial charge is 0.484 e. The molecule has 27 heavy (non-hydrogen) atoms. The van der Waals surface area contributed by atoms with Crippen LogP contribution in [0, 0.1) is 22.8 Å². The van der Waals surface area contributed by atoms with E-state index < -0.39 is 23.7 Å². The third-order valence-corrected chi connectivity index (χ3v) is 4.72. The van der Waals surface area contributed by atoms with Crippen molar-refractivity contribution in [2.75, 3.05) is 13.1 Å². The summed E-state index contributed by atoms with van der Waals surface area (Å²) in [5.74, 6) is 0.622. The fourth-order valence-electron chi connectivity index (χ4n) is 3.62. The number of guanidine groups is 1. The highest BCUT2D eigenvalue weighted by Gasteiger charge is 2.49. The quantitative estimate of drug-likeness (QED) is 0.627. The maximum Gasteiger partial charge on any atom is 0.303 e. The SMILES string of the molecule is CC(=O)O[C@@H]1[C@@H](N2CCCNC2=NC#N)c2cc(C#N)ccc2OC1(C)C. The zero-order valence-electron chi connectivity index (χ0n) is 15.5. The Bertz CT molecular complexity index is 865. The van der Waals surface area contributed by atoms with Crippen LogP contribution in [0.5, 0.6) is 5.75 Å². The lowest BCUT2D eigenvalue weighted by atomic mass is 9.84.